The first-order valence-electron chi connectivity index (χ1n) is 8.68. The van der Waals surface area contributed by atoms with E-state index in [1.54, 1.807) is 12.0 Å². The van der Waals surface area contributed by atoms with E-state index in [4.69, 9.17) is 4.74 Å². The third-order valence-electron chi connectivity index (χ3n) is 4.49. The number of rotatable bonds is 6. The van der Waals surface area contributed by atoms with E-state index in [9.17, 15) is 13.2 Å². The van der Waals surface area contributed by atoms with Gasteiger partial charge in [0, 0.05) is 31.7 Å². The summed E-state index contributed by atoms with van der Waals surface area (Å²) in [5, 5.41) is 0. The van der Waals surface area contributed by atoms with Crippen molar-refractivity contribution in [3.8, 4) is 5.75 Å². The highest BCUT2D eigenvalue weighted by molar-refractivity contribution is 7.89. The van der Waals surface area contributed by atoms with Crippen molar-refractivity contribution in [3.05, 3.63) is 28.8 Å². The molecule has 0 spiro atoms. The molecule has 1 heterocycles. The zero-order valence-corrected chi connectivity index (χ0v) is 16.4. The Labute approximate surface area is 150 Å². The Hall–Kier alpha value is -1.60. The average Bonchev–Trinajstić information content (AvgIpc) is 2.54. The maximum atomic E-state index is 12.6. The molecule has 0 bridgehead atoms. The summed E-state index contributed by atoms with van der Waals surface area (Å²) in [6, 6.07) is 4.01. The largest absolute Gasteiger partial charge is 0.496 e. The van der Waals surface area contributed by atoms with Crippen molar-refractivity contribution < 1.29 is 17.9 Å². The fourth-order valence-corrected chi connectivity index (χ4v) is 4.84. The average molecular weight is 368 g/mol. The number of ether oxygens (including phenoxy) is 1. The quantitative estimate of drug-likeness (QED) is 0.767. The van der Waals surface area contributed by atoms with Crippen molar-refractivity contribution in [2.45, 2.75) is 33.6 Å². The Morgan fingerprint density at radius 1 is 1.16 bits per heavy atom. The first-order valence-corrected chi connectivity index (χ1v) is 10.3. The molecule has 0 unspecified atom stereocenters. The second kappa shape index (κ2) is 8.19. The second-order valence-corrected chi connectivity index (χ2v) is 8.64. The summed E-state index contributed by atoms with van der Waals surface area (Å²) in [7, 11) is -1.57. The molecule has 1 saturated heterocycles. The number of benzene rings is 1. The van der Waals surface area contributed by atoms with Gasteiger partial charge < -0.3 is 9.64 Å². The van der Waals surface area contributed by atoms with Crippen LogP contribution in [0.4, 0.5) is 0 Å². The molecule has 0 aromatic heterocycles. The number of carbonyl (C=O) groups excluding carboxylic acids is 1. The highest BCUT2D eigenvalue weighted by atomic mass is 32.2. The Bertz CT molecular complexity index is 723. The number of methoxy groups -OCH3 is 1. The van der Waals surface area contributed by atoms with Crippen LogP contribution in [-0.4, -0.2) is 62.6 Å². The fraction of sp³-hybridized carbons (Fsp3) is 0.611. The van der Waals surface area contributed by atoms with E-state index in [2.05, 4.69) is 0 Å². The maximum Gasteiger partial charge on any atom is 0.227 e. The third-order valence-corrected chi connectivity index (χ3v) is 6.56. The molecule has 1 aromatic rings. The Balaban J connectivity index is 2.02. The summed E-state index contributed by atoms with van der Waals surface area (Å²) in [5.41, 5.74) is 2.99. The van der Waals surface area contributed by atoms with Gasteiger partial charge in [0.2, 0.25) is 15.9 Å². The lowest BCUT2D eigenvalue weighted by molar-refractivity contribution is -0.131. The standard InChI is InChI=1S/C18H28N2O4S/c1-5-10-25(22,23)20-8-6-19(7-9-20)17(21)13-16-12-14(2)11-15(3)18(16)24-4/h11-12H,5-10,13H2,1-4H3. The zero-order valence-electron chi connectivity index (χ0n) is 15.5. The van der Waals surface area contributed by atoms with Gasteiger partial charge >= 0.3 is 0 Å². The number of hydrogen-bond acceptors (Lipinski definition) is 4. The van der Waals surface area contributed by atoms with Gasteiger partial charge in [0.1, 0.15) is 5.75 Å². The lowest BCUT2D eigenvalue weighted by Gasteiger charge is -2.34. The van der Waals surface area contributed by atoms with Crippen molar-refractivity contribution in [1.82, 2.24) is 9.21 Å². The van der Waals surface area contributed by atoms with Crippen LogP contribution in [0.2, 0.25) is 0 Å². The van der Waals surface area contributed by atoms with E-state index >= 15 is 0 Å². The van der Waals surface area contributed by atoms with Gasteiger partial charge in [-0.15, -0.1) is 0 Å². The van der Waals surface area contributed by atoms with Gasteiger partial charge in [-0.05, 0) is 25.8 Å². The number of hydrogen-bond donors (Lipinski definition) is 0. The molecular weight excluding hydrogens is 340 g/mol. The molecule has 6 nitrogen and oxygen atoms in total. The monoisotopic (exact) mass is 368 g/mol. The molecular formula is C18H28N2O4S. The SMILES string of the molecule is CCCS(=O)(=O)N1CCN(C(=O)Cc2cc(C)cc(C)c2OC)CC1. The number of sulfonamides is 1. The van der Waals surface area contributed by atoms with Crippen LogP contribution in [0.15, 0.2) is 12.1 Å². The zero-order chi connectivity index (χ0) is 18.6. The van der Waals surface area contributed by atoms with E-state index in [0.717, 1.165) is 22.4 Å². The molecule has 1 aliphatic rings. The molecule has 1 amide bonds. The molecule has 0 N–H and O–H groups in total. The lowest BCUT2D eigenvalue weighted by atomic mass is 10.0. The van der Waals surface area contributed by atoms with Crippen LogP contribution in [0.5, 0.6) is 5.75 Å². The molecule has 0 atom stereocenters. The number of carbonyl (C=O) groups is 1. The first-order chi connectivity index (χ1) is 11.8. The number of amides is 1. The van der Waals surface area contributed by atoms with Crippen LogP contribution < -0.4 is 4.74 Å². The van der Waals surface area contributed by atoms with Gasteiger partial charge in [-0.2, -0.15) is 4.31 Å². The van der Waals surface area contributed by atoms with Gasteiger partial charge in [0.25, 0.3) is 0 Å². The van der Waals surface area contributed by atoms with Crippen molar-refractivity contribution in [2.24, 2.45) is 0 Å². The van der Waals surface area contributed by atoms with Crippen LogP contribution in [0.1, 0.15) is 30.0 Å². The topological polar surface area (TPSA) is 66.9 Å². The molecule has 25 heavy (non-hydrogen) atoms. The highest BCUT2D eigenvalue weighted by Gasteiger charge is 2.28. The maximum absolute atomic E-state index is 12.6. The predicted molar refractivity (Wildman–Crippen MR) is 98.4 cm³/mol. The molecule has 140 valence electrons. The van der Waals surface area contributed by atoms with Crippen molar-refractivity contribution in [3.63, 3.8) is 0 Å². The third kappa shape index (κ3) is 4.73. The van der Waals surface area contributed by atoms with E-state index in [0.29, 0.717) is 32.6 Å². The van der Waals surface area contributed by atoms with Gasteiger partial charge in [0.05, 0.1) is 19.3 Å². The number of aryl methyl sites for hydroxylation is 2. The molecule has 0 saturated carbocycles. The summed E-state index contributed by atoms with van der Waals surface area (Å²) in [6.07, 6.45) is 0.876. The van der Waals surface area contributed by atoms with E-state index in [-0.39, 0.29) is 18.1 Å². The van der Waals surface area contributed by atoms with Crippen molar-refractivity contribution >= 4 is 15.9 Å². The van der Waals surface area contributed by atoms with Crippen LogP contribution >= 0.6 is 0 Å². The van der Waals surface area contributed by atoms with Gasteiger partial charge in [-0.1, -0.05) is 24.6 Å². The minimum absolute atomic E-state index is 0.0100. The first kappa shape index (κ1) is 19.7. The summed E-state index contributed by atoms with van der Waals surface area (Å²) < 4.78 is 31.2. The molecule has 7 heteroatoms. The van der Waals surface area contributed by atoms with Gasteiger partial charge in [-0.3, -0.25) is 4.79 Å². The number of piperazine rings is 1. The molecule has 2 rings (SSSR count). The van der Waals surface area contributed by atoms with Crippen LogP contribution in [-0.2, 0) is 21.2 Å². The van der Waals surface area contributed by atoms with E-state index in [1.165, 1.54) is 4.31 Å². The lowest BCUT2D eigenvalue weighted by Crippen LogP contribution is -2.51. The summed E-state index contributed by atoms with van der Waals surface area (Å²) in [6.45, 7) is 7.45. The van der Waals surface area contributed by atoms with Gasteiger partial charge in [0.15, 0.2) is 0 Å². The molecule has 1 aromatic carbocycles. The second-order valence-electron chi connectivity index (χ2n) is 6.55. The predicted octanol–water partition coefficient (Wildman–Crippen LogP) is 1.74. The Morgan fingerprint density at radius 3 is 2.36 bits per heavy atom. The fourth-order valence-electron chi connectivity index (χ4n) is 3.34. The Morgan fingerprint density at radius 2 is 1.80 bits per heavy atom. The minimum atomic E-state index is -3.19. The molecule has 1 fully saturated rings. The summed E-state index contributed by atoms with van der Waals surface area (Å²) in [4.78, 5) is 14.4. The minimum Gasteiger partial charge on any atom is -0.496 e. The van der Waals surface area contributed by atoms with Crippen LogP contribution in [0.3, 0.4) is 0 Å². The molecule has 0 aliphatic carbocycles. The van der Waals surface area contributed by atoms with Crippen LogP contribution in [0, 0.1) is 13.8 Å². The highest BCUT2D eigenvalue weighted by Crippen LogP contribution is 2.26. The molecule has 1 aliphatic heterocycles. The van der Waals surface area contributed by atoms with Gasteiger partial charge in [-0.25, -0.2) is 8.42 Å². The number of nitrogens with zero attached hydrogens (tertiary/aromatic N) is 2. The summed E-state index contributed by atoms with van der Waals surface area (Å²) >= 11 is 0. The van der Waals surface area contributed by atoms with Crippen LogP contribution in [0.25, 0.3) is 0 Å². The van der Waals surface area contributed by atoms with Crippen molar-refractivity contribution in [2.75, 3.05) is 39.0 Å². The normalized spacial score (nSPS) is 16.1. The van der Waals surface area contributed by atoms with E-state index in [1.807, 2.05) is 32.9 Å². The smallest absolute Gasteiger partial charge is 0.227 e. The summed E-state index contributed by atoms with van der Waals surface area (Å²) in [5.74, 6) is 0.930. The Kier molecular flexibility index (Phi) is 6.46. The molecule has 0 radical (unpaired) electrons. The van der Waals surface area contributed by atoms with Crippen molar-refractivity contribution in [1.29, 1.82) is 0 Å². The van der Waals surface area contributed by atoms with E-state index < -0.39 is 10.0 Å².